The minimum absolute atomic E-state index is 0.360. The van der Waals surface area contributed by atoms with Gasteiger partial charge in [0.2, 0.25) is 5.91 Å². The number of benzene rings is 2. The van der Waals surface area contributed by atoms with Crippen molar-refractivity contribution in [1.82, 2.24) is 15.5 Å². The zero-order valence-corrected chi connectivity index (χ0v) is 16.4. The lowest BCUT2D eigenvalue weighted by Crippen LogP contribution is -2.45. The lowest BCUT2D eigenvalue weighted by atomic mass is 9.93. The number of carbonyl (C=O) groups is 3. The Morgan fingerprint density at radius 3 is 2.45 bits per heavy atom. The van der Waals surface area contributed by atoms with Gasteiger partial charge in [-0.3, -0.25) is 14.5 Å². The molecular weight excluding hydrogens is 373 g/mol. The topological polar surface area (TPSA) is 78.5 Å². The Bertz CT molecular complexity index is 901. The number of imide groups is 1. The summed E-state index contributed by atoms with van der Waals surface area (Å²) in [5.74, 6) is -1.23. The van der Waals surface area contributed by atoms with Crippen LogP contribution in [0.4, 0.5) is 9.18 Å². The van der Waals surface area contributed by atoms with E-state index in [4.69, 9.17) is 0 Å². The molecule has 2 aromatic carbocycles. The Labute approximate surface area is 169 Å². The fourth-order valence-corrected chi connectivity index (χ4v) is 3.36. The van der Waals surface area contributed by atoms with Gasteiger partial charge in [0.05, 0.1) is 6.04 Å². The molecule has 0 radical (unpaired) electrons. The predicted molar refractivity (Wildman–Crippen MR) is 106 cm³/mol. The number of nitrogens with zero attached hydrogens (tertiary/aromatic N) is 1. The van der Waals surface area contributed by atoms with Crippen LogP contribution in [0.2, 0.25) is 0 Å². The van der Waals surface area contributed by atoms with E-state index in [1.54, 1.807) is 26.0 Å². The highest BCUT2D eigenvalue weighted by Gasteiger charge is 2.47. The van der Waals surface area contributed by atoms with Crippen LogP contribution in [0.25, 0.3) is 0 Å². The minimum atomic E-state index is -1.05. The Morgan fingerprint density at radius 1 is 1.14 bits per heavy atom. The van der Waals surface area contributed by atoms with Crippen LogP contribution in [0.3, 0.4) is 0 Å². The summed E-state index contributed by atoms with van der Waals surface area (Å²) in [6.07, 6.45) is 1.07. The van der Waals surface area contributed by atoms with Gasteiger partial charge in [0.1, 0.15) is 17.9 Å². The summed E-state index contributed by atoms with van der Waals surface area (Å²) in [7, 11) is 0. The molecule has 0 spiro atoms. The van der Waals surface area contributed by atoms with Gasteiger partial charge in [-0.05, 0) is 49.9 Å². The van der Waals surface area contributed by atoms with E-state index in [0.29, 0.717) is 12.8 Å². The van der Waals surface area contributed by atoms with Gasteiger partial charge in [-0.25, -0.2) is 9.18 Å². The van der Waals surface area contributed by atoms with Crippen molar-refractivity contribution in [1.29, 1.82) is 0 Å². The third-order valence-corrected chi connectivity index (χ3v) is 5.15. The standard InChI is InChI=1S/C22H24FN3O3/c1-15(17-8-10-18(23)11-9-17)24-19(27)14-26-20(28)22(2,25-21(26)29)13-12-16-6-4-3-5-7-16/h3-11,15H,12-14H2,1-2H3,(H,24,27)(H,25,29)/t15-,22+/m0/s1. The molecule has 1 saturated heterocycles. The highest BCUT2D eigenvalue weighted by Crippen LogP contribution is 2.23. The largest absolute Gasteiger partial charge is 0.348 e. The van der Waals surface area contributed by atoms with Crippen molar-refractivity contribution in [2.24, 2.45) is 0 Å². The van der Waals surface area contributed by atoms with Crippen molar-refractivity contribution < 1.29 is 18.8 Å². The van der Waals surface area contributed by atoms with Gasteiger partial charge in [0.15, 0.2) is 0 Å². The molecule has 0 saturated carbocycles. The summed E-state index contributed by atoms with van der Waals surface area (Å²) in [5, 5.41) is 5.45. The predicted octanol–water partition coefficient (Wildman–Crippen LogP) is 2.95. The third-order valence-electron chi connectivity index (χ3n) is 5.15. The fourth-order valence-electron chi connectivity index (χ4n) is 3.36. The first-order valence-electron chi connectivity index (χ1n) is 9.51. The molecule has 1 heterocycles. The maximum Gasteiger partial charge on any atom is 0.325 e. The highest BCUT2D eigenvalue weighted by molar-refractivity contribution is 6.08. The van der Waals surface area contributed by atoms with Crippen molar-refractivity contribution in [2.45, 2.75) is 38.3 Å². The summed E-state index contributed by atoms with van der Waals surface area (Å²) in [5.41, 5.74) is 0.750. The van der Waals surface area contributed by atoms with Crippen molar-refractivity contribution >= 4 is 17.8 Å². The van der Waals surface area contributed by atoms with Gasteiger partial charge in [-0.15, -0.1) is 0 Å². The van der Waals surface area contributed by atoms with Gasteiger partial charge in [-0.1, -0.05) is 42.5 Å². The van der Waals surface area contributed by atoms with E-state index in [0.717, 1.165) is 16.0 Å². The van der Waals surface area contributed by atoms with Crippen molar-refractivity contribution in [3.8, 4) is 0 Å². The lowest BCUT2D eigenvalue weighted by molar-refractivity contribution is -0.134. The summed E-state index contributed by atoms with van der Waals surface area (Å²) >= 11 is 0. The van der Waals surface area contributed by atoms with E-state index in [2.05, 4.69) is 10.6 Å². The van der Waals surface area contributed by atoms with Gasteiger partial charge in [0, 0.05) is 0 Å². The molecular formula is C22H24FN3O3. The monoisotopic (exact) mass is 397 g/mol. The van der Waals surface area contributed by atoms with Crippen LogP contribution >= 0.6 is 0 Å². The van der Waals surface area contributed by atoms with Gasteiger partial charge in [0.25, 0.3) is 5.91 Å². The second-order valence-corrected chi connectivity index (χ2v) is 7.48. The molecule has 1 aliphatic rings. The quantitative estimate of drug-likeness (QED) is 0.705. The summed E-state index contributed by atoms with van der Waals surface area (Å²) in [6.45, 7) is 3.06. The van der Waals surface area contributed by atoms with Gasteiger partial charge < -0.3 is 10.6 Å². The summed E-state index contributed by atoms with van der Waals surface area (Å²) in [4.78, 5) is 38.4. The van der Waals surface area contributed by atoms with Crippen LogP contribution in [0.1, 0.15) is 37.4 Å². The van der Waals surface area contributed by atoms with E-state index in [1.165, 1.54) is 12.1 Å². The molecule has 2 atom stereocenters. The Balaban J connectivity index is 1.58. The summed E-state index contributed by atoms with van der Waals surface area (Å²) in [6, 6.07) is 14.5. The van der Waals surface area contributed by atoms with Crippen LogP contribution in [0.15, 0.2) is 54.6 Å². The molecule has 2 N–H and O–H groups in total. The molecule has 1 aliphatic heterocycles. The van der Waals surface area contributed by atoms with Crippen LogP contribution < -0.4 is 10.6 Å². The molecule has 0 unspecified atom stereocenters. The molecule has 0 aromatic heterocycles. The van der Waals surface area contributed by atoms with Crippen molar-refractivity contribution in [3.63, 3.8) is 0 Å². The fraction of sp³-hybridized carbons (Fsp3) is 0.318. The second-order valence-electron chi connectivity index (χ2n) is 7.48. The maximum absolute atomic E-state index is 13.0. The number of carbonyl (C=O) groups excluding carboxylic acids is 3. The highest BCUT2D eigenvalue weighted by atomic mass is 19.1. The third kappa shape index (κ3) is 4.80. The molecule has 3 rings (SSSR count). The maximum atomic E-state index is 13.0. The Hall–Kier alpha value is -3.22. The summed E-state index contributed by atoms with van der Waals surface area (Å²) < 4.78 is 13.0. The zero-order chi connectivity index (χ0) is 21.0. The molecule has 6 nitrogen and oxygen atoms in total. The number of halogens is 1. The van der Waals surface area contributed by atoms with E-state index in [-0.39, 0.29) is 18.4 Å². The van der Waals surface area contributed by atoms with Crippen LogP contribution in [0, 0.1) is 5.82 Å². The number of hydrogen-bond donors (Lipinski definition) is 2. The number of nitrogens with one attached hydrogen (secondary N) is 2. The van der Waals surface area contributed by atoms with Crippen LogP contribution in [0.5, 0.6) is 0 Å². The van der Waals surface area contributed by atoms with E-state index >= 15 is 0 Å². The average Bonchev–Trinajstić information content (AvgIpc) is 2.91. The van der Waals surface area contributed by atoms with E-state index in [1.807, 2.05) is 30.3 Å². The van der Waals surface area contributed by atoms with E-state index in [9.17, 15) is 18.8 Å². The Kier molecular flexibility index (Phi) is 5.96. The normalized spacial score (nSPS) is 19.8. The van der Waals surface area contributed by atoms with Gasteiger partial charge >= 0.3 is 6.03 Å². The number of aryl methyl sites for hydroxylation is 1. The Morgan fingerprint density at radius 2 is 1.79 bits per heavy atom. The molecule has 2 aromatic rings. The molecule has 0 aliphatic carbocycles. The molecule has 0 bridgehead atoms. The van der Waals surface area contributed by atoms with Crippen molar-refractivity contribution in [2.75, 3.05) is 6.54 Å². The van der Waals surface area contributed by atoms with Gasteiger partial charge in [-0.2, -0.15) is 0 Å². The van der Waals surface area contributed by atoms with Crippen molar-refractivity contribution in [3.05, 3.63) is 71.5 Å². The number of hydrogen-bond acceptors (Lipinski definition) is 3. The van der Waals surface area contributed by atoms with E-state index < -0.39 is 23.4 Å². The molecule has 4 amide bonds. The number of amides is 4. The second kappa shape index (κ2) is 8.43. The van der Waals surface area contributed by atoms with Crippen LogP contribution in [-0.4, -0.2) is 34.8 Å². The molecule has 29 heavy (non-hydrogen) atoms. The first-order valence-corrected chi connectivity index (χ1v) is 9.51. The molecule has 1 fully saturated rings. The molecule has 7 heteroatoms. The average molecular weight is 397 g/mol. The smallest absolute Gasteiger partial charge is 0.325 e. The molecule has 152 valence electrons. The number of rotatable bonds is 7. The minimum Gasteiger partial charge on any atom is -0.348 e. The van der Waals surface area contributed by atoms with Crippen LogP contribution in [-0.2, 0) is 16.0 Å². The lowest BCUT2D eigenvalue weighted by Gasteiger charge is -2.22. The first kappa shape index (κ1) is 20.5. The number of urea groups is 1. The SMILES string of the molecule is C[C@H](NC(=O)CN1C(=O)N[C@](C)(CCc2ccccc2)C1=O)c1ccc(F)cc1. The zero-order valence-electron chi connectivity index (χ0n) is 16.4. The first-order chi connectivity index (χ1) is 13.8.